The van der Waals surface area contributed by atoms with Gasteiger partial charge in [0.2, 0.25) is 0 Å². The van der Waals surface area contributed by atoms with E-state index in [-0.39, 0.29) is 0 Å². The summed E-state index contributed by atoms with van der Waals surface area (Å²) in [4.78, 5) is 2.33. The first kappa shape index (κ1) is 13.7. The predicted molar refractivity (Wildman–Crippen MR) is 74.7 cm³/mol. The van der Waals surface area contributed by atoms with Gasteiger partial charge in [-0.05, 0) is 17.7 Å². The van der Waals surface area contributed by atoms with Crippen molar-refractivity contribution in [2.45, 2.75) is 19.9 Å². The Kier molecular flexibility index (Phi) is 4.49. The molecule has 1 atom stereocenters. The van der Waals surface area contributed by atoms with Crippen molar-refractivity contribution < 1.29 is 5.21 Å². The largest absolute Gasteiger partial charge is 0.411 e. The van der Waals surface area contributed by atoms with Gasteiger partial charge in [0.05, 0.1) is 15.8 Å². The standard InChI is InChI=1S/C13H16Cl2N2O/c1-9-7-17(5-4-13(9)16-18)8-10-2-3-11(14)12(15)6-10/h2-3,6,9,18H,4-5,7-8H2,1H3/b16-13+. The highest BCUT2D eigenvalue weighted by molar-refractivity contribution is 6.42. The Bertz CT molecular complexity index is 462. The Morgan fingerprint density at radius 2 is 2.17 bits per heavy atom. The molecule has 1 unspecified atom stereocenters. The third-order valence-electron chi connectivity index (χ3n) is 3.30. The quantitative estimate of drug-likeness (QED) is 0.665. The van der Waals surface area contributed by atoms with Gasteiger partial charge in [-0.15, -0.1) is 0 Å². The van der Waals surface area contributed by atoms with Crippen LogP contribution in [0.2, 0.25) is 10.0 Å². The number of nitrogens with zero attached hydrogens (tertiary/aromatic N) is 2. The summed E-state index contributed by atoms with van der Waals surface area (Å²) in [6.07, 6.45) is 0.818. The molecule has 1 aliphatic heterocycles. The third kappa shape index (κ3) is 3.16. The second-order valence-corrected chi connectivity index (χ2v) is 5.54. The topological polar surface area (TPSA) is 35.8 Å². The summed E-state index contributed by atoms with van der Waals surface area (Å²) in [6, 6.07) is 5.73. The maximum absolute atomic E-state index is 8.84. The van der Waals surface area contributed by atoms with Gasteiger partial charge in [-0.3, -0.25) is 4.90 Å². The van der Waals surface area contributed by atoms with Crippen LogP contribution >= 0.6 is 23.2 Å². The van der Waals surface area contributed by atoms with Crippen LogP contribution < -0.4 is 0 Å². The SMILES string of the molecule is CC1CN(Cc2ccc(Cl)c(Cl)c2)CC/C1=N\O. The summed E-state index contributed by atoms with van der Waals surface area (Å²) in [5.74, 6) is 0.298. The average Bonchev–Trinajstić information content (AvgIpc) is 2.34. The van der Waals surface area contributed by atoms with Crippen LogP contribution in [0.4, 0.5) is 0 Å². The molecule has 0 spiro atoms. The molecule has 2 rings (SSSR count). The van der Waals surface area contributed by atoms with Gasteiger partial charge in [0.25, 0.3) is 0 Å². The predicted octanol–water partition coefficient (Wildman–Crippen LogP) is 3.67. The summed E-state index contributed by atoms with van der Waals surface area (Å²) in [6.45, 7) is 4.74. The summed E-state index contributed by atoms with van der Waals surface area (Å²) < 4.78 is 0. The van der Waals surface area contributed by atoms with Crippen molar-refractivity contribution in [3.63, 3.8) is 0 Å². The highest BCUT2D eigenvalue weighted by Crippen LogP contribution is 2.24. The minimum atomic E-state index is 0.298. The summed E-state index contributed by atoms with van der Waals surface area (Å²) in [7, 11) is 0. The summed E-state index contributed by atoms with van der Waals surface area (Å²) in [5, 5.41) is 13.4. The van der Waals surface area contributed by atoms with Crippen LogP contribution in [0.15, 0.2) is 23.4 Å². The zero-order chi connectivity index (χ0) is 13.1. The van der Waals surface area contributed by atoms with Gasteiger partial charge in [0.15, 0.2) is 0 Å². The lowest BCUT2D eigenvalue weighted by atomic mass is 9.97. The van der Waals surface area contributed by atoms with E-state index >= 15 is 0 Å². The van der Waals surface area contributed by atoms with E-state index in [4.69, 9.17) is 28.4 Å². The van der Waals surface area contributed by atoms with Gasteiger partial charge < -0.3 is 5.21 Å². The van der Waals surface area contributed by atoms with Crippen molar-refractivity contribution in [2.24, 2.45) is 11.1 Å². The molecule has 18 heavy (non-hydrogen) atoms. The van der Waals surface area contributed by atoms with E-state index in [0.29, 0.717) is 16.0 Å². The van der Waals surface area contributed by atoms with Gasteiger partial charge >= 0.3 is 0 Å². The highest BCUT2D eigenvalue weighted by Gasteiger charge is 2.22. The van der Waals surface area contributed by atoms with Gasteiger partial charge in [-0.2, -0.15) is 0 Å². The fraction of sp³-hybridized carbons (Fsp3) is 0.462. The Morgan fingerprint density at radius 1 is 1.39 bits per heavy atom. The molecular formula is C13H16Cl2N2O. The maximum Gasteiger partial charge on any atom is 0.0624 e. The molecular weight excluding hydrogens is 271 g/mol. The fourth-order valence-corrected chi connectivity index (χ4v) is 2.61. The molecule has 1 N–H and O–H groups in total. The fourth-order valence-electron chi connectivity index (χ4n) is 2.29. The average molecular weight is 287 g/mol. The molecule has 0 amide bonds. The summed E-state index contributed by atoms with van der Waals surface area (Å²) in [5.41, 5.74) is 2.04. The van der Waals surface area contributed by atoms with Gasteiger partial charge in [-0.25, -0.2) is 0 Å². The lowest BCUT2D eigenvalue weighted by molar-refractivity contribution is 0.228. The van der Waals surface area contributed by atoms with Crippen LogP contribution in [0.3, 0.4) is 0 Å². The lowest BCUT2D eigenvalue weighted by Crippen LogP contribution is -2.39. The van der Waals surface area contributed by atoms with Gasteiger partial charge in [0.1, 0.15) is 0 Å². The van der Waals surface area contributed by atoms with Crippen LogP contribution in [0.1, 0.15) is 18.9 Å². The third-order valence-corrected chi connectivity index (χ3v) is 4.04. The van der Waals surface area contributed by atoms with E-state index in [9.17, 15) is 0 Å². The summed E-state index contributed by atoms with van der Waals surface area (Å²) >= 11 is 11.9. The second kappa shape index (κ2) is 5.91. The molecule has 1 saturated heterocycles. The first-order valence-electron chi connectivity index (χ1n) is 5.97. The second-order valence-electron chi connectivity index (χ2n) is 4.73. The van der Waals surface area contributed by atoms with Crippen LogP contribution in [-0.2, 0) is 6.54 Å². The van der Waals surface area contributed by atoms with Gasteiger partial charge in [-0.1, -0.05) is 41.3 Å². The maximum atomic E-state index is 8.84. The van der Waals surface area contributed by atoms with Crippen LogP contribution in [-0.4, -0.2) is 28.9 Å². The van der Waals surface area contributed by atoms with Crippen molar-refractivity contribution in [3.8, 4) is 0 Å². The molecule has 0 saturated carbocycles. The number of oxime groups is 1. The monoisotopic (exact) mass is 286 g/mol. The molecule has 0 bridgehead atoms. The van der Waals surface area contributed by atoms with Crippen LogP contribution in [0.5, 0.6) is 0 Å². The zero-order valence-corrected chi connectivity index (χ0v) is 11.7. The first-order chi connectivity index (χ1) is 8.60. The molecule has 1 fully saturated rings. The Labute approximate surface area is 117 Å². The van der Waals surface area contributed by atoms with Crippen LogP contribution in [0, 0.1) is 5.92 Å². The van der Waals surface area contributed by atoms with E-state index < -0.39 is 0 Å². The van der Waals surface area contributed by atoms with Crippen molar-refractivity contribution in [3.05, 3.63) is 33.8 Å². The van der Waals surface area contributed by atoms with E-state index in [0.717, 1.165) is 37.3 Å². The number of halogens is 2. The number of rotatable bonds is 2. The molecule has 1 aromatic rings. The van der Waals surface area contributed by atoms with E-state index in [1.165, 1.54) is 0 Å². The molecule has 0 aromatic heterocycles. The normalized spacial score (nSPS) is 23.5. The number of piperidine rings is 1. The molecule has 5 heteroatoms. The Hall–Kier alpha value is -0.770. The molecule has 1 aliphatic rings. The Morgan fingerprint density at radius 3 is 2.78 bits per heavy atom. The van der Waals surface area contributed by atoms with E-state index in [1.807, 2.05) is 18.2 Å². The molecule has 1 aromatic carbocycles. The van der Waals surface area contributed by atoms with E-state index in [2.05, 4.69) is 17.0 Å². The molecule has 0 aliphatic carbocycles. The van der Waals surface area contributed by atoms with Crippen molar-refractivity contribution in [1.82, 2.24) is 4.90 Å². The zero-order valence-electron chi connectivity index (χ0n) is 10.2. The number of hydrogen-bond donors (Lipinski definition) is 1. The van der Waals surface area contributed by atoms with Crippen LogP contribution in [0.25, 0.3) is 0 Å². The van der Waals surface area contributed by atoms with Crippen molar-refractivity contribution in [1.29, 1.82) is 0 Å². The number of benzene rings is 1. The minimum Gasteiger partial charge on any atom is -0.411 e. The minimum absolute atomic E-state index is 0.298. The van der Waals surface area contributed by atoms with Gasteiger partial charge in [0, 0.05) is 32.0 Å². The smallest absolute Gasteiger partial charge is 0.0624 e. The molecule has 98 valence electrons. The lowest BCUT2D eigenvalue weighted by Gasteiger charge is -2.31. The molecule has 1 heterocycles. The van der Waals surface area contributed by atoms with Crippen molar-refractivity contribution in [2.75, 3.05) is 13.1 Å². The number of hydrogen-bond acceptors (Lipinski definition) is 3. The Balaban J connectivity index is 2.00. The highest BCUT2D eigenvalue weighted by atomic mass is 35.5. The van der Waals surface area contributed by atoms with E-state index in [1.54, 1.807) is 0 Å². The molecule has 0 radical (unpaired) electrons. The first-order valence-corrected chi connectivity index (χ1v) is 6.73. The number of likely N-dealkylation sites (tertiary alicyclic amines) is 1. The van der Waals surface area contributed by atoms with Crippen molar-refractivity contribution >= 4 is 28.9 Å². The molecule has 3 nitrogen and oxygen atoms in total.